The Labute approximate surface area is 135 Å². The number of rotatable bonds is 4. The van der Waals surface area contributed by atoms with Gasteiger partial charge in [0.1, 0.15) is 11.3 Å². The van der Waals surface area contributed by atoms with E-state index in [1.54, 1.807) is 13.1 Å². The summed E-state index contributed by atoms with van der Waals surface area (Å²) in [5.41, 5.74) is 1.47. The Balaban J connectivity index is 1.92. The highest BCUT2D eigenvalue weighted by molar-refractivity contribution is 5.85. The van der Waals surface area contributed by atoms with Crippen LogP contribution in [0.1, 0.15) is 44.9 Å². The topological polar surface area (TPSA) is 81.9 Å². The second-order valence-corrected chi connectivity index (χ2v) is 6.02. The van der Waals surface area contributed by atoms with Crippen LogP contribution < -0.4 is 5.32 Å². The number of hydrogen-bond acceptors (Lipinski definition) is 5. The Bertz CT molecular complexity index is 691. The molecule has 0 spiro atoms. The van der Waals surface area contributed by atoms with E-state index in [0.717, 1.165) is 12.2 Å². The van der Waals surface area contributed by atoms with Crippen molar-refractivity contribution in [3.63, 3.8) is 0 Å². The van der Waals surface area contributed by atoms with Gasteiger partial charge in [-0.3, -0.25) is 9.88 Å². The quantitative estimate of drug-likeness (QED) is 0.935. The maximum absolute atomic E-state index is 11.8. The number of hydrogen-bond donors (Lipinski definition) is 1. The molecule has 2 aromatic heterocycles. The molecule has 1 fully saturated rings. The lowest BCUT2D eigenvalue weighted by Crippen LogP contribution is -2.20. The van der Waals surface area contributed by atoms with Gasteiger partial charge in [-0.15, -0.1) is 0 Å². The number of aromatic nitrogens is 4. The van der Waals surface area contributed by atoms with E-state index in [0.29, 0.717) is 29.8 Å². The standard InChI is InChI=1S/C16H23N5O2/c1-3-23-16(22)20-15-19-13-9-17-11(2)18-14(13)21(15)10-12-7-5-4-6-8-12/h9,12H,3-8,10H2,1-2H3,(H,19,20,22). The summed E-state index contributed by atoms with van der Waals surface area (Å²) in [6, 6.07) is 0. The van der Waals surface area contributed by atoms with Gasteiger partial charge in [0, 0.05) is 6.54 Å². The van der Waals surface area contributed by atoms with Gasteiger partial charge in [0.05, 0.1) is 12.8 Å². The normalized spacial score (nSPS) is 15.7. The van der Waals surface area contributed by atoms with E-state index in [9.17, 15) is 4.79 Å². The fraction of sp³-hybridized carbons (Fsp3) is 0.625. The van der Waals surface area contributed by atoms with Crippen molar-refractivity contribution in [3.05, 3.63) is 12.0 Å². The molecule has 1 aliphatic rings. The number of amides is 1. The van der Waals surface area contributed by atoms with E-state index in [1.165, 1.54) is 32.1 Å². The number of nitrogens with one attached hydrogen (secondary N) is 1. The highest BCUT2D eigenvalue weighted by Crippen LogP contribution is 2.28. The molecule has 0 radical (unpaired) electrons. The van der Waals surface area contributed by atoms with Gasteiger partial charge in [0.15, 0.2) is 5.65 Å². The van der Waals surface area contributed by atoms with Crippen molar-refractivity contribution in [1.29, 1.82) is 0 Å². The maximum Gasteiger partial charge on any atom is 0.413 e. The van der Waals surface area contributed by atoms with Gasteiger partial charge < -0.3 is 4.74 Å². The average molecular weight is 317 g/mol. The summed E-state index contributed by atoms with van der Waals surface area (Å²) in [6.45, 7) is 4.78. The number of anilines is 1. The molecule has 0 aliphatic heterocycles. The molecular formula is C16H23N5O2. The second-order valence-electron chi connectivity index (χ2n) is 6.02. The summed E-state index contributed by atoms with van der Waals surface area (Å²) in [7, 11) is 0. The molecule has 1 amide bonds. The lowest BCUT2D eigenvalue weighted by atomic mass is 9.89. The summed E-state index contributed by atoms with van der Waals surface area (Å²) in [5, 5.41) is 2.73. The van der Waals surface area contributed by atoms with Crippen molar-refractivity contribution >= 4 is 23.2 Å². The zero-order chi connectivity index (χ0) is 16.2. The van der Waals surface area contributed by atoms with Crippen LogP contribution in [0.4, 0.5) is 10.7 Å². The molecule has 3 rings (SSSR count). The molecule has 1 saturated carbocycles. The highest BCUT2D eigenvalue weighted by atomic mass is 16.5. The summed E-state index contributed by atoms with van der Waals surface area (Å²) < 4.78 is 6.97. The minimum atomic E-state index is -0.489. The Kier molecular flexibility index (Phi) is 4.73. The number of ether oxygens (including phenoxy) is 1. The van der Waals surface area contributed by atoms with Crippen molar-refractivity contribution in [3.8, 4) is 0 Å². The van der Waals surface area contributed by atoms with Crippen molar-refractivity contribution < 1.29 is 9.53 Å². The van der Waals surface area contributed by atoms with Crippen LogP contribution in [0.5, 0.6) is 0 Å². The van der Waals surface area contributed by atoms with E-state index in [2.05, 4.69) is 20.3 Å². The monoisotopic (exact) mass is 317 g/mol. The molecule has 7 nitrogen and oxygen atoms in total. The molecule has 2 heterocycles. The molecule has 1 aliphatic carbocycles. The first-order valence-corrected chi connectivity index (χ1v) is 8.31. The lowest BCUT2D eigenvalue weighted by Gasteiger charge is -2.22. The van der Waals surface area contributed by atoms with E-state index in [1.807, 2.05) is 11.5 Å². The first-order chi connectivity index (χ1) is 11.2. The van der Waals surface area contributed by atoms with Crippen LogP contribution in [-0.2, 0) is 11.3 Å². The number of fused-ring (bicyclic) bond motifs is 1. The van der Waals surface area contributed by atoms with Gasteiger partial charge in [0.2, 0.25) is 5.95 Å². The smallest absolute Gasteiger partial charge is 0.413 e. The highest BCUT2D eigenvalue weighted by Gasteiger charge is 2.20. The molecule has 0 unspecified atom stereocenters. The van der Waals surface area contributed by atoms with Crippen LogP contribution in [0.25, 0.3) is 11.2 Å². The summed E-state index contributed by atoms with van der Waals surface area (Å²) in [5.74, 6) is 1.79. The fourth-order valence-electron chi connectivity index (χ4n) is 3.16. The van der Waals surface area contributed by atoms with Crippen LogP contribution in [-0.4, -0.2) is 32.2 Å². The maximum atomic E-state index is 11.8. The first kappa shape index (κ1) is 15.7. The molecule has 0 saturated heterocycles. The van der Waals surface area contributed by atoms with E-state index >= 15 is 0 Å². The van der Waals surface area contributed by atoms with Crippen molar-refractivity contribution in [2.45, 2.75) is 52.5 Å². The second kappa shape index (κ2) is 6.93. The Morgan fingerprint density at radius 3 is 2.87 bits per heavy atom. The Hall–Kier alpha value is -2.18. The minimum absolute atomic E-state index is 0.327. The number of carbonyl (C=O) groups excluding carboxylic acids is 1. The lowest BCUT2D eigenvalue weighted by molar-refractivity contribution is 0.167. The minimum Gasteiger partial charge on any atom is -0.450 e. The van der Waals surface area contributed by atoms with Gasteiger partial charge in [-0.05, 0) is 32.6 Å². The van der Waals surface area contributed by atoms with E-state index in [-0.39, 0.29) is 0 Å². The SMILES string of the molecule is CCOC(=O)Nc1nc2cnc(C)nc2n1CC1CCCCC1. The predicted molar refractivity (Wildman–Crippen MR) is 87.3 cm³/mol. The number of nitrogens with zero attached hydrogens (tertiary/aromatic N) is 4. The zero-order valence-corrected chi connectivity index (χ0v) is 13.7. The largest absolute Gasteiger partial charge is 0.450 e. The number of carbonyl (C=O) groups is 1. The van der Waals surface area contributed by atoms with Gasteiger partial charge in [-0.25, -0.2) is 19.7 Å². The van der Waals surface area contributed by atoms with E-state index in [4.69, 9.17) is 4.74 Å². The summed E-state index contributed by atoms with van der Waals surface area (Å²) >= 11 is 0. The van der Waals surface area contributed by atoms with Crippen molar-refractivity contribution in [1.82, 2.24) is 19.5 Å². The molecule has 1 N–H and O–H groups in total. The number of imidazole rings is 1. The van der Waals surface area contributed by atoms with Crippen molar-refractivity contribution in [2.75, 3.05) is 11.9 Å². The van der Waals surface area contributed by atoms with Crippen LogP contribution in [0.2, 0.25) is 0 Å². The fourth-order valence-corrected chi connectivity index (χ4v) is 3.16. The van der Waals surface area contributed by atoms with Crippen LogP contribution in [0.15, 0.2) is 6.20 Å². The van der Waals surface area contributed by atoms with Gasteiger partial charge in [-0.1, -0.05) is 19.3 Å². The van der Waals surface area contributed by atoms with Gasteiger partial charge in [-0.2, -0.15) is 0 Å². The molecular weight excluding hydrogens is 294 g/mol. The van der Waals surface area contributed by atoms with Crippen LogP contribution in [0.3, 0.4) is 0 Å². The zero-order valence-electron chi connectivity index (χ0n) is 13.7. The molecule has 0 atom stereocenters. The van der Waals surface area contributed by atoms with Crippen LogP contribution >= 0.6 is 0 Å². The summed E-state index contributed by atoms with van der Waals surface area (Å²) in [4.78, 5) is 25.0. The third-order valence-electron chi connectivity index (χ3n) is 4.26. The number of aryl methyl sites for hydroxylation is 1. The molecule has 124 valence electrons. The third kappa shape index (κ3) is 3.60. The van der Waals surface area contributed by atoms with Crippen molar-refractivity contribution in [2.24, 2.45) is 5.92 Å². The average Bonchev–Trinajstić information content (AvgIpc) is 2.86. The van der Waals surface area contributed by atoms with Gasteiger partial charge >= 0.3 is 6.09 Å². The molecule has 0 bridgehead atoms. The molecule has 23 heavy (non-hydrogen) atoms. The summed E-state index contributed by atoms with van der Waals surface area (Å²) in [6.07, 6.45) is 7.49. The third-order valence-corrected chi connectivity index (χ3v) is 4.26. The predicted octanol–water partition coefficient (Wildman–Crippen LogP) is 3.28. The van der Waals surface area contributed by atoms with Crippen LogP contribution in [0, 0.1) is 12.8 Å². The van der Waals surface area contributed by atoms with Gasteiger partial charge in [0.25, 0.3) is 0 Å². The molecule has 2 aromatic rings. The molecule has 0 aromatic carbocycles. The van der Waals surface area contributed by atoms with E-state index < -0.39 is 6.09 Å². The molecule has 7 heteroatoms. The Morgan fingerprint density at radius 1 is 1.35 bits per heavy atom. The Morgan fingerprint density at radius 2 is 2.13 bits per heavy atom. The first-order valence-electron chi connectivity index (χ1n) is 8.31.